The summed E-state index contributed by atoms with van der Waals surface area (Å²) in [5.41, 5.74) is 2.03. The zero-order chi connectivity index (χ0) is 14.3. The van der Waals surface area contributed by atoms with Gasteiger partial charge < -0.3 is 15.5 Å². The summed E-state index contributed by atoms with van der Waals surface area (Å²) in [4.78, 5) is 13.4. The van der Waals surface area contributed by atoms with Gasteiger partial charge in [-0.2, -0.15) is 0 Å². The van der Waals surface area contributed by atoms with Crippen LogP contribution in [0.3, 0.4) is 0 Å². The molecule has 4 nitrogen and oxygen atoms in total. The lowest BCUT2D eigenvalue weighted by atomic mass is 10.1. The number of carbonyl (C=O) groups excluding carboxylic acids is 1. The van der Waals surface area contributed by atoms with Crippen molar-refractivity contribution in [2.45, 2.75) is 33.2 Å². The second-order valence-corrected chi connectivity index (χ2v) is 4.75. The molecule has 2 N–H and O–H groups in total. The minimum absolute atomic E-state index is 0.0752. The molecule has 0 aliphatic heterocycles. The summed E-state index contributed by atoms with van der Waals surface area (Å²) in [6.45, 7) is 7.93. The number of rotatable bonds is 6. The van der Waals surface area contributed by atoms with E-state index in [0.717, 1.165) is 18.7 Å². The third-order valence-electron chi connectivity index (χ3n) is 3.16. The van der Waals surface area contributed by atoms with Crippen molar-refractivity contribution >= 4 is 11.7 Å². The Morgan fingerprint density at radius 2 is 2.11 bits per heavy atom. The number of carbonyl (C=O) groups is 1. The highest BCUT2D eigenvalue weighted by molar-refractivity contribution is 5.89. The van der Waals surface area contributed by atoms with Crippen molar-refractivity contribution < 1.29 is 4.79 Å². The summed E-state index contributed by atoms with van der Waals surface area (Å²) >= 11 is 0. The maximum Gasteiger partial charge on any atom is 0.321 e. The highest BCUT2D eigenvalue weighted by Crippen LogP contribution is 2.17. The van der Waals surface area contributed by atoms with Crippen LogP contribution in [-0.2, 0) is 0 Å². The Balaban J connectivity index is 2.69. The van der Waals surface area contributed by atoms with Gasteiger partial charge in [-0.05, 0) is 44.5 Å². The molecule has 0 radical (unpaired) electrons. The molecule has 0 spiro atoms. The first-order chi connectivity index (χ1) is 9.08. The predicted molar refractivity (Wildman–Crippen MR) is 80.5 cm³/mol. The molecule has 19 heavy (non-hydrogen) atoms. The van der Waals surface area contributed by atoms with E-state index in [4.69, 9.17) is 0 Å². The van der Waals surface area contributed by atoms with Crippen molar-refractivity contribution in [1.29, 1.82) is 0 Å². The fraction of sp³-hybridized carbons (Fsp3) is 0.533. The van der Waals surface area contributed by atoms with E-state index in [1.807, 2.05) is 25.1 Å². The van der Waals surface area contributed by atoms with Gasteiger partial charge in [0.15, 0.2) is 0 Å². The van der Waals surface area contributed by atoms with E-state index < -0.39 is 0 Å². The van der Waals surface area contributed by atoms with E-state index in [2.05, 4.69) is 30.5 Å². The minimum Gasteiger partial charge on any atom is -0.328 e. The van der Waals surface area contributed by atoms with Gasteiger partial charge in [0.1, 0.15) is 0 Å². The van der Waals surface area contributed by atoms with Gasteiger partial charge >= 0.3 is 6.03 Å². The molecule has 0 saturated carbocycles. The largest absolute Gasteiger partial charge is 0.328 e. The maximum atomic E-state index is 11.8. The monoisotopic (exact) mass is 263 g/mol. The summed E-state index contributed by atoms with van der Waals surface area (Å²) in [5.74, 6) is 0. The van der Waals surface area contributed by atoms with Gasteiger partial charge in [-0.1, -0.05) is 19.1 Å². The molecule has 0 saturated heterocycles. The molecule has 1 atom stereocenters. The topological polar surface area (TPSA) is 44.4 Å². The first-order valence-electron chi connectivity index (χ1n) is 6.94. The van der Waals surface area contributed by atoms with Crippen molar-refractivity contribution in [2.24, 2.45) is 0 Å². The van der Waals surface area contributed by atoms with Gasteiger partial charge in [0, 0.05) is 25.3 Å². The van der Waals surface area contributed by atoms with Crippen LogP contribution in [0.4, 0.5) is 10.5 Å². The lowest BCUT2D eigenvalue weighted by Gasteiger charge is -2.17. The van der Waals surface area contributed by atoms with Crippen LogP contribution < -0.4 is 10.6 Å². The van der Waals surface area contributed by atoms with Crippen molar-refractivity contribution in [1.82, 2.24) is 10.2 Å². The Hall–Kier alpha value is -1.55. The Morgan fingerprint density at radius 3 is 2.74 bits per heavy atom. The molecule has 1 rings (SSSR count). The number of amides is 2. The molecule has 4 heteroatoms. The van der Waals surface area contributed by atoms with Crippen LogP contribution in [0, 0.1) is 0 Å². The summed E-state index contributed by atoms with van der Waals surface area (Å²) in [7, 11) is 1.78. The van der Waals surface area contributed by atoms with Crippen molar-refractivity contribution in [2.75, 3.05) is 25.5 Å². The molecule has 1 aromatic rings. The molecule has 1 aromatic carbocycles. The number of hydrogen-bond acceptors (Lipinski definition) is 2. The van der Waals surface area contributed by atoms with E-state index in [-0.39, 0.29) is 6.03 Å². The van der Waals surface area contributed by atoms with Gasteiger partial charge in [0.2, 0.25) is 0 Å². The third-order valence-corrected chi connectivity index (χ3v) is 3.16. The number of urea groups is 1. The van der Waals surface area contributed by atoms with E-state index in [1.54, 1.807) is 11.9 Å². The van der Waals surface area contributed by atoms with E-state index in [1.165, 1.54) is 5.56 Å². The number of anilines is 1. The third kappa shape index (κ3) is 4.91. The predicted octanol–water partition coefficient (Wildman–Crippen LogP) is 3.23. The smallest absolute Gasteiger partial charge is 0.321 e. The molecular weight excluding hydrogens is 238 g/mol. The van der Waals surface area contributed by atoms with Gasteiger partial charge in [0.05, 0.1) is 0 Å². The zero-order valence-electron chi connectivity index (χ0n) is 12.4. The first kappa shape index (κ1) is 15.5. The van der Waals surface area contributed by atoms with Crippen LogP contribution in [0.5, 0.6) is 0 Å². The second-order valence-electron chi connectivity index (χ2n) is 4.75. The molecule has 0 aliphatic carbocycles. The number of benzene rings is 1. The van der Waals surface area contributed by atoms with Crippen LogP contribution in [0.15, 0.2) is 24.3 Å². The average Bonchev–Trinajstić information content (AvgIpc) is 2.43. The van der Waals surface area contributed by atoms with Crippen LogP contribution in [0.2, 0.25) is 0 Å². The van der Waals surface area contributed by atoms with Crippen molar-refractivity contribution in [3.63, 3.8) is 0 Å². The molecule has 2 amide bonds. The molecule has 1 unspecified atom stereocenters. The highest BCUT2D eigenvalue weighted by Gasteiger charge is 2.08. The van der Waals surface area contributed by atoms with Crippen LogP contribution in [0.1, 0.15) is 38.8 Å². The molecule has 0 heterocycles. The average molecular weight is 263 g/mol. The standard InChI is InChI=1S/C15H25N3O/c1-5-10-16-12(3)13-8-7-9-14(11-13)17-15(19)18(4)6-2/h7-9,11-12,16H,5-6,10H2,1-4H3,(H,17,19). The number of nitrogens with one attached hydrogen (secondary N) is 2. The van der Waals surface area contributed by atoms with Gasteiger partial charge in [-0.15, -0.1) is 0 Å². The molecule has 0 aliphatic rings. The zero-order valence-corrected chi connectivity index (χ0v) is 12.4. The van der Waals surface area contributed by atoms with Crippen LogP contribution >= 0.6 is 0 Å². The molecule has 106 valence electrons. The Labute approximate surface area is 116 Å². The minimum atomic E-state index is -0.0752. The number of hydrogen-bond donors (Lipinski definition) is 2. The van der Waals surface area contributed by atoms with Crippen LogP contribution in [0.25, 0.3) is 0 Å². The summed E-state index contributed by atoms with van der Waals surface area (Å²) in [5, 5.41) is 6.34. The Morgan fingerprint density at radius 1 is 1.37 bits per heavy atom. The van der Waals surface area contributed by atoms with Gasteiger partial charge in [-0.3, -0.25) is 0 Å². The summed E-state index contributed by atoms with van der Waals surface area (Å²) < 4.78 is 0. The van der Waals surface area contributed by atoms with Crippen LogP contribution in [-0.4, -0.2) is 31.1 Å². The normalized spacial score (nSPS) is 12.0. The Bertz CT molecular complexity index is 406. The lowest BCUT2D eigenvalue weighted by molar-refractivity contribution is 0.224. The quantitative estimate of drug-likeness (QED) is 0.827. The van der Waals surface area contributed by atoms with Crippen molar-refractivity contribution in [3.8, 4) is 0 Å². The van der Waals surface area contributed by atoms with E-state index in [0.29, 0.717) is 12.6 Å². The molecule has 0 aromatic heterocycles. The second kappa shape index (κ2) is 7.79. The molecular formula is C15H25N3O. The highest BCUT2D eigenvalue weighted by atomic mass is 16.2. The fourth-order valence-corrected chi connectivity index (χ4v) is 1.73. The molecule has 0 bridgehead atoms. The molecule has 0 fully saturated rings. The SMILES string of the molecule is CCCNC(C)c1cccc(NC(=O)N(C)CC)c1. The van der Waals surface area contributed by atoms with Crippen molar-refractivity contribution in [3.05, 3.63) is 29.8 Å². The van der Waals surface area contributed by atoms with E-state index in [9.17, 15) is 4.79 Å². The first-order valence-corrected chi connectivity index (χ1v) is 6.94. The lowest BCUT2D eigenvalue weighted by Crippen LogP contribution is -2.31. The van der Waals surface area contributed by atoms with E-state index >= 15 is 0 Å². The summed E-state index contributed by atoms with van der Waals surface area (Å²) in [6, 6.07) is 8.20. The van der Waals surface area contributed by atoms with Gasteiger partial charge in [0.25, 0.3) is 0 Å². The Kier molecular flexibility index (Phi) is 6.36. The maximum absolute atomic E-state index is 11.8. The van der Waals surface area contributed by atoms with Gasteiger partial charge in [-0.25, -0.2) is 4.79 Å². The summed E-state index contributed by atoms with van der Waals surface area (Å²) in [6.07, 6.45) is 1.11. The fourth-order valence-electron chi connectivity index (χ4n) is 1.73. The number of nitrogens with zero attached hydrogens (tertiary/aromatic N) is 1.